The van der Waals surface area contributed by atoms with E-state index in [1.165, 1.54) is 12.4 Å². The van der Waals surface area contributed by atoms with Crippen LogP contribution in [0.15, 0.2) is 47.5 Å². The summed E-state index contributed by atoms with van der Waals surface area (Å²) in [6, 6.07) is 10.0. The van der Waals surface area contributed by atoms with E-state index in [4.69, 9.17) is 0 Å². The number of hydrogen-bond acceptors (Lipinski definition) is 4. The molecule has 3 aromatic heterocycles. The minimum absolute atomic E-state index is 0.0582. The Morgan fingerprint density at radius 1 is 1.27 bits per heavy atom. The molecule has 0 aliphatic heterocycles. The molecule has 1 N–H and O–H groups in total. The average molecular weight is 370 g/mol. The second-order valence-electron chi connectivity index (χ2n) is 5.97. The molecule has 0 spiro atoms. The number of fused-ring (bicyclic) bond motifs is 3. The van der Waals surface area contributed by atoms with E-state index in [1.807, 2.05) is 19.1 Å². The van der Waals surface area contributed by atoms with Crippen LogP contribution >= 0.6 is 11.3 Å². The van der Waals surface area contributed by atoms with Crippen molar-refractivity contribution in [2.75, 3.05) is 0 Å². The van der Waals surface area contributed by atoms with Crippen LogP contribution in [0.5, 0.6) is 0 Å². The van der Waals surface area contributed by atoms with Crippen molar-refractivity contribution in [1.29, 1.82) is 0 Å². The second kappa shape index (κ2) is 6.38. The van der Waals surface area contributed by atoms with E-state index in [2.05, 4.69) is 10.4 Å². The number of carbonyl (C=O) groups is 1. The van der Waals surface area contributed by atoms with E-state index in [-0.39, 0.29) is 24.5 Å². The van der Waals surface area contributed by atoms with Gasteiger partial charge in [0.1, 0.15) is 24.2 Å². The first-order chi connectivity index (χ1) is 12.5. The molecule has 8 heteroatoms. The van der Waals surface area contributed by atoms with Crippen molar-refractivity contribution in [3.63, 3.8) is 0 Å². The number of halogens is 1. The van der Waals surface area contributed by atoms with Crippen molar-refractivity contribution in [1.82, 2.24) is 19.5 Å². The van der Waals surface area contributed by atoms with E-state index >= 15 is 0 Å². The fourth-order valence-electron chi connectivity index (χ4n) is 2.86. The summed E-state index contributed by atoms with van der Waals surface area (Å²) in [4.78, 5) is 25.9. The van der Waals surface area contributed by atoms with E-state index in [9.17, 15) is 14.0 Å². The molecule has 0 saturated heterocycles. The molecule has 4 aromatic rings. The fraction of sp³-hybridized carbons (Fsp3) is 0.167. The van der Waals surface area contributed by atoms with Crippen LogP contribution in [0.1, 0.15) is 10.4 Å². The monoisotopic (exact) mass is 370 g/mol. The Hall–Kier alpha value is -3.00. The zero-order valence-corrected chi connectivity index (χ0v) is 14.7. The van der Waals surface area contributed by atoms with Crippen LogP contribution in [0.2, 0.25) is 0 Å². The molecule has 0 bridgehead atoms. The highest BCUT2D eigenvalue weighted by molar-refractivity contribution is 7.19. The number of benzene rings is 1. The van der Waals surface area contributed by atoms with Gasteiger partial charge in [-0.2, -0.15) is 5.10 Å². The first-order valence-corrected chi connectivity index (χ1v) is 8.82. The van der Waals surface area contributed by atoms with Gasteiger partial charge in [-0.15, -0.1) is 11.3 Å². The van der Waals surface area contributed by atoms with Crippen LogP contribution in [0, 0.1) is 12.7 Å². The molecule has 132 valence electrons. The summed E-state index contributed by atoms with van der Waals surface area (Å²) >= 11 is 1.60. The molecule has 0 aliphatic carbocycles. The summed E-state index contributed by atoms with van der Waals surface area (Å²) in [5.41, 5.74) is 1.46. The molecule has 0 fully saturated rings. The number of aryl methyl sites for hydroxylation is 1. The maximum Gasteiger partial charge on any atom is 0.291 e. The van der Waals surface area contributed by atoms with Crippen molar-refractivity contribution in [3.05, 3.63) is 69.3 Å². The molecule has 0 aliphatic rings. The average Bonchev–Trinajstić information content (AvgIpc) is 3.13. The van der Waals surface area contributed by atoms with E-state index in [0.717, 1.165) is 19.8 Å². The second-order valence-corrected chi connectivity index (χ2v) is 7.26. The van der Waals surface area contributed by atoms with Gasteiger partial charge in [-0.1, -0.05) is 18.2 Å². The van der Waals surface area contributed by atoms with Crippen LogP contribution < -0.4 is 10.9 Å². The van der Waals surface area contributed by atoms with Crippen molar-refractivity contribution < 1.29 is 9.18 Å². The SMILES string of the molecule is Cc1cc2c(cc3c(=O)n(CC(=O)NCc4ccccc4F)ncn32)s1. The lowest BCUT2D eigenvalue weighted by Gasteiger charge is -2.08. The number of thiophene rings is 1. The van der Waals surface area contributed by atoms with Gasteiger partial charge in [-0.3, -0.25) is 14.0 Å². The molecule has 1 aromatic carbocycles. The van der Waals surface area contributed by atoms with Crippen molar-refractivity contribution in [2.24, 2.45) is 0 Å². The standard InChI is InChI=1S/C18H15FN4O2S/c1-11-6-14-16(26-11)7-15-18(25)23(21-10-22(14)15)9-17(24)20-8-12-4-2-3-5-13(12)19/h2-7,10H,8-9H2,1H3,(H,20,24). The molecule has 1 amide bonds. The van der Waals surface area contributed by atoms with Gasteiger partial charge >= 0.3 is 0 Å². The first kappa shape index (κ1) is 16.5. The zero-order chi connectivity index (χ0) is 18.3. The number of hydrogen-bond donors (Lipinski definition) is 1. The topological polar surface area (TPSA) is 68.4 Å². The van der Waals surface area contributed by atoms with Gasteiger partial charge in [0, 0.05) is 17.0 Å². The molecule has 0 atom stereocenters. The number of amides is 1. The van der Waals surface area contributed by atoms with Crippen LogP contribution in [-0.2, 0) is 17.9 Å². The predicted octanol–water partition coefficient (Wildman–Crippen LogP) is 2.47. The maximum absolute atomic E-state index is 13.6. The normalized spacial score (nSPS) is 11.3. The van der Waals surface area contributed by atoms with Crippen molar-refractivity contribution >= 4 is 33.0 Å². The Morgan fingerprint density at radius 2 is 2.08 bits per heavy atom. The Bertz CT molecular complexity index is 1190. The largest absolute Gasteiger partial charge is 0.350 e. The summed E-state index contributed by atoms with van der Waals surface area (Å²) in [6.45, 7) is 1.84. The highest BCUT2D eigenvalue weighted by Crippen LogP contribution is 2.26. The Morgan fingerprint density at radius 3 is 2.88 bits per heavy atom. The fourth-order valence-corrected chi connectivity index (χ4v) is 3.81. The van der Waals surface area contributed by atoms with Crippen LogP contribution in [0.3, 0.4) is 0 Å². The number of nitrogens with zero attached hydrogens (tertiary/aromatic N) is 3. The molecule has 6 nitrogen and oxygen atoms in total. The smallest absolute Gasteiger partial charge is 0.291 e. The summed E-state index contributed by atoms with van der Waals surface area (Å²) in [6.07, 6.45) is 1.54. The zero-order valence-electron chi connectivity index (χ0n) is 13.9. The number of aromatic nitrogens is 3. The maximum atomic E-state index is 13.6. The van der Waals surface area contributed by atoms with Gasteiger partial charge in [-0.05, 0) is 25.1 Å². The summed E-state index contributed by atoms with van der Waals surface area (Å²) < 4.78 is 17.4. The molecule has 0 radical (unpaired) electrons. The molecule has 0 unspecified atom stereocenters. The van der Waals surface area contributed by atoms with E-state index in [0.29, 0.717) is 11.1 Å². The third-order valence-corrected chi connectivity index (χ3v) is 5.12. The van der Waals surface area contributed by atoms with Gasteiger partial charge in [0.2, 0.25) is 5.91 Å². The molecule has 3 heterocycles. The lowest BCUT2D eigenvalue weighted by Crippen LogP contribution is -2.34. The lowest BCUT2D eigenvalue weighted by atomic mass is 10.2. The first-order valence-electron chi connectivity index (χ1n) is 8.00. The van der Waals surface area contributed by atoms with Crippen LogP contribution in [0.25, 0.3) is 15.7 Å². The molecule has 0 saturated carbocycles. The Labute approximate surface area is 151 Å². The number of nitrogens with one attached hydrogen (secondary N) is 1. The summed E-state index contributed by atoms with van der Waals surface area (Å²) in [5, 5.41) is 6.70. The van der Waals surface area contributed by atoms with Gasteiger partial charge in [0.05, 0.1) is 10.2 Å². The van der Waals surface area contributed by atoms with E-state index in [1.54, 1.807) is 33.9 Å². The molecule has 26 heavy (non-hydrogen) atoms. The predicted molar refractivity (Wildman–Crippen MR) is 97.8 cm³/mol. The third-order valence-electron chi connectivity index (χ3n) is 4.14. The number of carbonyl (C=O) groups excluding carboxylic acids is 1. The minimum atomic E-state index is -0.406. The van der Waals surface area contributed by atoms with Crippen molar-refractivity contribution in [3.8, 4) is 0 Å². The van der Waals surface area contributed by atoms with E-state index < -0.39 is 5.91 Å². The van der Waals surface area contributed by atoms with Gasteiger partial charge < -0.3 is 5.32 Å². The molecular weight excluding hydrogens is 355 g/mol. The van der Waals surface area contributed by atoms with Gasteiger partial charge in [0.15, 0.2) is 0 Å². The lowest BCUT2D eigenvalue weighted by molar-refractivity contribution is -0.122. The highest BCUT2D eigenvalue weighted by atomic mass is 32.1. The number of rotatable bonds is 4. The summed E-state index contributed by atoms with van der Waals surface area (Å²) in [5.74, 6) is -0.788. The Balaban J connectivity index is 1.55. The van der Waals surface area contributed by atoms with Gasteiger partial charge in [0.25, 0.3) is 5.56 Å². The highest BCUT2D eigenvalue weighted by Gasteiger charge is 2.13. The molecular formula is C18H15FN4O2S. The van der Waals surface area contributed by atoms with Crippen molar-refractivity contribution in [2.45, 2.75) is 20.0 Å². The third kappa shape index (κ3) is 2.88. The van der Waals surface area contributed by atoms with Crippen LogP contribution in [-0.4, -0.2) is 20.1 Å². The quantitative estimate of drug-likeness (QED) is 0.600. The minimum Gasteiger partial charge on any atom is -0.350 e. The van der Waals surface area contributed by atoms with Gasteiger partial charge in [-0.25, -0.2) is 9.07 Å². The van der Waals surface area contributed by atoms with Crippen LogP contribution in [0.4, 0.5) is 4.39 Å². The summed E-state index contributed by atoms with van der Waals surface area (Å²) in [7, 11) is 0. The Kier molecular flexibility index (Phi) is 4.04. The molecule has 4 rings (SSSR count).